The highest BCUT2D eigenvalue weighted by atomic mass is 79.9. The normalized spacial score (nSPS) is 12.0. The van der Waals surface area contributed by atoms with Crippen molar-refractivity contribution in [3.05, 3.63) is 26.9 Å². The molecule has 0 aliphatic heterocycles. The Bertz CT molecular complexity index is 768. The fourth-order valence-electron chi connectivity index (χ4n) is 1.61. The Balaban J connectivity index is 2.44. The van der Waals surface area contributed by atoms with Gasteiger partial charge in [0.1, 0.15) is 4.60 Å². The van der Waals surface area contributed by atoms with E-state index in [9.17, 15) is 4.79 Å². The maximum Gasteiger partial charge on any atom is 0.318 e. The molecule has 7 heteroatoms. The summed E-state index contributed by atoms with van der Waals surface area (Å²) >= 11 is 3.25. The van der Waals surface area contributed by atoms with Gasteiger partial charge in [0.2, 0.25) is 11.2 Å². The van der Waals surface area contributed by atoms with E-state index in [1.165, 1.54) is 4.52 Å². The Morgan fingerprint density at radius 2 is 2.24 bits per heavy atom. The van der Waals surface area contributed by atoms with Gasteiger partial charge in [-0.15, -0.1) is 0 Å². The molecule has 88 valence electrons. The monoisotopic (exact) mass is 296 g/mol. The third-order valence-electron chi connectivity index (χ3n) is 2.44. The lowest BCUT2D eigenvalue weighted by Crippen LogP contribution is -2.14. The van der Waals surface area contributed by atoms with Crippen LogP contribution in [0, 0.1) is 0 Å². The molecule has 0 fully saturated rings. The number of oxazole rings is 1. The summed E-state index contributed by atoms with van der Waals surface area (Å²) in [5.41, 5.74) is 0.763. The third-order valence-corrected chi connectivity index (χ3v) is 2.85. The molecule has 1 N–H and O–H groups in total. The molecular formula is C10H9BrN4O2. The molecule has 0 amide bonds. The maximum absolute atomic E-state index is 12.1. The number of nitrogens with zero attached hydrogens (tertiary/aromatic N) is 3. The second-order valence-electron chi connectivity index (χ2n) is 4.07. The predicted molar refractivity (Wildman–Crippen MR) is 65.2 cm³/mol. The number of aromatic nitrogens is 4. The van der Waals surface area contributed by atoms with E-state index in [0.29, 0.717) is 21.8 Å². The minimum Gasteiger partial charge on any atom is -0.433 e. The largest absolute Gasteiger partial charge is 0.433 e. The number of H-pyrrole nitrogens is 1. The molecule has 0 spiro atoms. The molecule has 3 aromatic rings. The van der Waals surface area contributed by atoms with Gasteiger partial charge in [-0.05, 0) is 15.9 Å². The van der Waals surface area contributed by atoms with Crippen LogP contribution in [0.15, 0.2) is 19.9 Å². The Morgan fingerprint density at radius 3 is 2.94 bits per heavy atom. The third kappa shape index (κ3) is 1.49. The first-order valence-electron chi connectivity index (χ1n) is 5.14. The second-order valence-corrected chi connectivity index (χ2v) is 4.93. The van der Waals surface area contributed by atoms with Gasteiger partial charge in [0, 0.05) is 12.0 Å². The first-order valence-corrected chi connectivity index (χ1v) is 5.93. The number of halogens is 1. The lowest BCUT2D eigenvalue weighted by molar-refractivity contribution is 0.498. The van der Waals surface area contributed by atoms with Crippen LogP contribution in [0.4, 0.5) is 0 Å². The molecule has 3 rings (SSSR count). The molecule has 0 atom stereocenters. The van der Waals surface area contributed by atoms with Gasteiger partial charge in [0.05, 0.1) is 0 Å². The van der Waals surface area contributed by atoms with Crippen molar-refractivity contribution in [1.29, 1.82) is 0 Å². The van der Waals surface area contributed by atoms with Crippen LogP contribution in [0.3, 0.4) is 0 Å². The summed E-state index contributed by atoms with van der Waals surface area (Å²) in [6.45, 7) is 3.90. The molecular weight excluding hydrogens is 288 g/mol. The van der Waals surface area contributed by atoms with Gasteiger partial charge in [-0.3, -0.25) is 9.89 Å². The Hall–Kier alpha value is -1.63. The highest BCUT2D eigenvalue weighted by Crippen LogP contribution is 2.18. The van der Waals surface area contributed by atoms with Crippen LogP contribution < -0.4 is 5.56 Å². The summed E-state index contributed by atoms with van der Waals surface area (Å²) in [5, 5.41) is 2.83. The fourth-order valence-corrected chi connectivity index (χ4v) is 1.99. The molecule has 0 saturated carbocycles. The van der Waals surface area contributed by atoms with Gasteiger partial charge < -0.3 is 4.42 Å². The van der Waals surface area contributed by atoms with Crippen molar-refractivity contribution < 1.29 is 4.42 Å². The van der Waals surface area contributed by atoms with E-state index in [4.69, 9.17) is 4.42 Å². The fraction of sp³-hybridized carbons (Fsp3) is 0.300. The van der Waals surface area contributed by atoms with Crippen LogP contribution in [0.5, 0.6) is 0 Å². The zero-order valence-corrected chi connectivity index (χ0v) is 10.8. The van der Waals surface area contributed by atoms with Gasteiger partial charge in [0.15, 0.2) is 11.5 Å². The van der Waals surface area contributed by atoms with E-state index >= 15 is 0 Å². The summed E-state index contributed by atoms with van der Waals surface area (Å²) in [6, 6.07) is 1.71. The van der Waals surface area contributed by atoms with Crippen LogP contribution in [-0.2, 0) is 0 Å². The van der Waals surface area contributed by atoms with Gasteiger partial charge in [-0.25, -0.2) is 4.98 Å². The zero-order valence-electron chi connectivity index (χ0n) is 9.19. The van der Waals surface area contributed by atoms with Crippen molar-refractivity contribution in [2.75, 3.05) is 0 Å². The highest BCUT2D eigenvalue weighted by Gasteiger charge is 2.16. The van der Waals surface area contributed by atoms with E-state index in [1.54, 1.807) is 6.07 Å². The van der Waals surface area contributed by atoms with E-state index in [2.05, 4.69) is 31.0 Å². The van der Waals surface area contributed by atoms with Crippen molar-refractivity contribution in [2.24, 2.45) is 0 Å². The van der Waals surface area contributed by atoms with E-state index < -0.39 is 0 Å². The van der Waals surface area contributed by atoms with Crippen LogP contribution in [0.1, 0.15) is 25.7 Å². The van der Waals surface area contributed by atoms with Crippen LogP contribution in [0.2, 0.25) is 0 Å². The molecule has 6 nitrogen and oxygen atoms in total. The molecule has 3 heterocycles. The van der Waals surface area contributed by atoms with Crippen molar-refractivity contribution >= 4 is 32.8 Å². The SMILES string of the molecule is CC(C)c1nc2nc3cc(Br)[nH]n3c(=O)c2o1. The average Bonchev–Trinajstić information content (AvgIpc) is 2.81. The van der Waals surface area contributed by atoms with Crippen LogP contribution in [-0.4, -0.2) is 19.6 Å². The quantitative estimate of drug-likeness (QED) is 0.746. The molecule has 0 unspecified atom stereocenters. The molecule has 3 aromatic heterocycles. The van der Waals surface area contributed by atoms with Gasteiger partial charge in [-0.2, -0.15) is 9.50 Å². The number of hydrogen-bond acceptors (Lipinski definition) is 4. The Kier molecular flexibility index (Phi) is 2.12. The molecule has 0 aliphatic rings. The minimum atomic E-state index is -0.282. The zero-order chi connectivity index (χ0) is 12.2. The molecule has 17 heavy (non-hydrogen) atoms. The van der Waals surface area contributed by atoms with Crippen molar-refractivity contribution in [3.63, 3.8) is 0 Å². The maximum atomic E-state index is 12.1. The standard InChI is InChI=1S/C10H9BrN4O2/c1-4(2)9-13-8-7(17-9)10(16)15-6(12-8)3-5(11)14-15/h3-4,14H,1-2H3. The summed E-state index contributed by atoms with van der Waals surface area (Å²) < 4.78 is 7.44. The Morgan fingerprint density at radius 1 is 1.47 bits per heavy atom. The van der Waals surface area contributed by atoms with Gasteiger partial charge >= 0.3 is 5.56 Å². The number of fused-ring (bicyclic) bond motifs is 2. The van der Waals surface area contributed by atoms with Crippen molar-refractivity contribution in [3.8, 4) is 0 Å². The molecule has 0 saturated heterocycles. The number of hydrogen-bond donors (Lipinski definition) is 1. The van der Waals surface area contributed by atoms with Crippen molar-refractivity contribution in [2.45, 2.75) is 19.8 Å². The second kappa shape index (κ2) is 3.43. The molecule has 0 bridgehead atoms. The molecule has 0 radical (unpaired) electrons. The van der Waals surface area contributed by atoms with Crippen LogP contribution in [0.25, 0.3) is 16.9 Å². The van der Waals surface area contributed by atoms with Crippen molar-refractivity contribution in [1.82, 2.24) is 19.6 Å². The summed E-state index contributed by atoms with van der Waals surface area (Å²) in [5.74, 6) is 0.649. The van der Waals surface area contributed by atoms with Gasteiger partial charge in [-0.1, -0.05) is 13.8 Å². The summed E-state index contributed by atoms with van der Waals surface area (Å²) in [7, 11) is 0. The smallest absolute Gasteiger partial charge is 0.318 e. The molecule has 0 aliphatic carbocycles. The van der Waals surface area contributed by atoms with Gasteiger partial charge in [0.25, 0.3) is 0 Å². The van der Waals surface area contributed by atoms with E-state index in [0.717, 1.165) is 0 Å². The number of aromatic amines is 1. The lowest BCUT2D eigenvalue weighted by atomic mass is 10.2. The lowest BCUT2D eigenvalue weighted by Gasteiger charge is -1.93. The summed E-state index contributed by atoms with van der Waals surface area (Å²) in [4.78, 5) is 20.5. The van der Waals surface area contributed by atoms with E-state index in [1.807, 2.05) is 13.8 Å². The minimum absolute atomic E-state index is 0.124. The van der Waals surface area contributed by atoms with Crippen LogP contribution >= 0.6 is 15.9 Å². The van der Waals surface area contributed by atoms with E-state index in [-0.39, 0.29) is 17.1 Å². The first kappa shape index (κ1) is 10.5. The summed E-state index contributed by atoms with van der Waals surface area (Å²) in [6.07, 6.45) is 0. The number of rotatable bonds is 1. The number of nitrogens with one attached hydrogen (secondary N) is 1. The Labute approximate surface area is 104 Å². The molecule has 0 aromatic carbocycles. The first-order chi connectivity index (χ1) is 8.06. The topological polar surface area (TPSA) is 76.2 Å². The average molecular weight is 297 g/mol. The predicted octanol–water partition coefficient (Wildman–Crippen LogP) is 2.05. The highest BCUT2D eigenvalue weighted by molar-refractivity contribution is 9.10.